The number of halogens is 3. The molecule has 1 aliphatic heterocycles. The SMILES string of the molecule is C#C.Cc1c(C(=O)C(=O)NC2(/C(N)=C/N)CC(F)(F)C2)c2n(c1C(=O)Nc1ccc(F)cc1)CC(C)C2. The van der Waals surface area contributed by atoms with E-state index in [0.29, 0.717) is 29.9 Å². The molecular formula is C26H28F3N5O3. The fourth-order valence-corrected chi connectivity index (χ4v) is 4.99. The Balaban J connectivity index is 0.00000186. The Hall–Kier alpha value is -4.20. The number of anilines is 1. The summed E-state index contributed by atoms with van der Waals surface area (Å²) < 4.78 is 42.2. The number of carbonyl (C=O) groups excluding carboxylic acids is 3. The van der Waals surface area contributed by atoms with Gasteiger partial charge in [0.1, 0.15) is 11.5 Å². The zero-order valence-corrected chi connectivity index (χ0v) is 20.4. The normalized spacial score (nSPS) is 19.0. The van der Waals surface area contributed by atoms with Gasteiger partial charge in [-0.25, -0.2) is 13.2 Å². The number of benzene rings is 1. The number of terminal acetylenes is 1. The third-order valence-corrected chi connectivity index (χ3v) is 6.61. The molecule has 0 bridgehead atoms. The van der Waals surface area contributed by atoms with Gasteiger partial charge in [0.2, 0.25) is 0 Å². The Kier molecular flexibility index (Phi) is 7.44. The second-order valence-electron chi connectivity index (χ2n) is 9.37. The first-order valence-corrected chi connectivity index (χ1v) is 11.4. The van der Waals surface area contributed by atoms with Crippen LogP contribution >= 0.6 is 0 Å². The summed E-state index contributed by atoms with van der Waals surface area (Å²) in [5, 5.41) is 5.04. The lowest BCUT2D eigenvalue weighted by molar-refractivity contribution is -0.137. The predicted molar refractivity (Wildman–Crippen MR) is 132 cm³/mol. The van der Waals surface area contributed by atoms with Crippen LogP contribution in [0.4, 0.5) is 18.9 Å². The molecule has 2 aliphatic rings. The van der Waals surface area contributed by atoms with Crippen molar-refractivity contribution in [2.45, 2.75) is 51.1 Å². The second kappa shape index (κ2) is 10.0. The quantitative estimate of drug-likeness (QED) is 0.267. The number of carbonyl (C=O) groups is 3. The number of alkyl halides is 2. The molecule has 8 nitrogen and oxygen atoms in total. The number of nitrogens with zero attached hydrogens (tertiary/aromatic N) is 1. The molecule has 1 aromatic carbocycles. The van der Waals surface area contributed by atoms with Gasteiger partial charge >= 0.3 is 0 Å². The lowest BCUT2D eigenvalue weighted by Gasteiger charge is -2.47. The minimum atomic E-state index is -3.04. The first-order chi connectivity index (χ1) is 17.4. The molecule has 1 unspecified atom stereocenters. The summed E-state index contributed by atoms with van der Waals surface area (Å²) >= 11 is 0. The number of hydrogen-bond donors (Lipinski definition) is 4. The molecule has 0 saturated heterocycles. The number of nitrogens with one attached hydrogen (secondary N) is 2. The van der Waals surface area contributed by atoms with E-state index in [-0.39, 0.29) is 22.9 Å². The summed E-state index contributed by atoms with van der Waals surface area (Å²) in [5.41, 5.74) is 10.9. The average Bonchev–Trinajstić information content (AvgIpc) is 3.32. The summed E-state index contributed by atoms with van der Waals surface area (Å²) in [7, 11) is 0. The van der Waals surface area contributed by atoms with E-state index in [4.69, 9.17) is 11.5 Å². The van der Waals surface area contributed by atoms with E-state index >= 15 is 0 Å². The van der Waals surface area contributed by atoms with Crippen molar-refractivity contribution in [3.8, 4) is 12.8 Å². The first-order valence-electron chi connectivity index (χ1n) is 11.4. The number of fused-ring (bicyclic) bond motifs is 1. The molecule has 1 fully saturated rings. The van der Waals surface area contributed by atoms with Crippen LogP contribution in [0.2, 0.25) is 0 Å². The Morgan fingerprint density at radius 1 is 1.16 bits per heavy atom. The van der Waals surface area contributed by atoms with Gasteiger partial charge in [0.25, 0.3) is 23.5 Å². The lowest BCUT2D eigenvalue weighted by Crippen LogP contribution is -2.65. The van der Waals surface area contributed by atoms with Crippen molar-refractivity contribution < 1.29 is 27.6 Å². The summed E-state index contributed by atoms with van der Waals surface area (Å²) in [6, 6.07) is 5.21. The van der Waals surface area contributed by atoms with Crippen LogP contribution in [0.15, 0.2) is 36.2 Å². The molecule has 0 radical (unpaired) electrons. The van der Waals surface area contributed by atoms with Crippen molar-refractivity contribution in [2.24, 2.45) is 17.4 Å². The molecule has 1 aromatic heterocycles. The van der Waals surface area contributed by atoms with E-state index in [0.717, 1.165) is 6.20 Å². The lowest BCUT2D eigenvalue weighted by atomic mass is 9.71. The number of nitrogens with two attached hydrogens (primary N) is 2. The number of aromatic nitrogens is 1. The van der Waals surface area contributed by atoms with Gasteiger partial charge in [-0.1, -0.05) is 6.92 Å². The largest absolute Gasteiger partial charge is 0.403 e. The second-order valence-corrected chi connectivity index (χ2v) is 9.37. The van der Waals surface area contributed by atoms with E-state index in [2.05, 4.69) is 23.5 Å². The molecule has 2 amide bonds. The average molecular weight is 516 g/mol. The van der Waals surface area contributed by atoms with Crippen molar-refractivity contribution in [3.63, 3.8) is 0 Å². The highest BCUT2D eigenvalue weighted by atomic mass is 19.3. The maximum Gasteiger partial charge on any atom is 0.293 e. The number of rotatable bonds is 6. The maximum atomic E-state index is 13.7. The van der Waals surface area contributed by atoms with Gasteiger partial charge in [-0.15, -0.1) is 12.8 Å². The predicted octanol–water partition coefficient (Wildman–Crippen LogP) is 2.86. The van der Waals surface area contributed by atoms with Gasteiger partial charge < -0.3 is 26.7 Å². The van der Waals surface area contributed by atoms with Crippen LogP contribution < -0.4 is 22.1 Å². The van der Waals surface area contributed by atoms with Crippen molar-refractivity contribution in [3.05, 3.63) is 64.5 Å². The number of Topliss-reactive ketones (excluding diaryl/α,β-unsaturated/α-hetero) is 1. The third-order valence-electron chi connectivity index (χ3n) is 6.61. The van der Waals surface area contributed by atoms with E-state index in [1.165, 1.54) is 24.3 Å². The molecule has 1 atom stereocenters. The van der Waals surface area contributed by atoms with Crippen LogP contribution in [0, 0.1) is 31.5 Å². The van der Waals surface area contributed by atoms with Crippen LogP contribution in [-0.4, -0.2) is 33.6 Å². The van der Waals surface area contributed by atoms with Crippen LogP contribution in [0.1, 0.15) is 51.9 Å². The van der Waals surface area contributed by atoms with E-state index < -0.39 is 47.7 Å². The van der Waals surface area contributed by atoms with Crippen molar-refractivity contribution in [2.75, 3.05) is 5.32 Å². The maximum absolute atomic E-state index is 13.7. The Morgan fingerprint density at radius 3 is 2.30 bits per heavy atom. The Morgan fingerprint density at radius 2 is 1.76 bits per heavy atom. The number of hydrogen-bond acceptors (Lipinski definition) is 5. The molecule has 37 heavy (non-hydrogen) atoms. The molecule has 196 valence electrons. The summed E-state index contributed by atoms with van der Waals surface area (Å²) in [6.45, 7) is 3.95. The van der Waals surface area contributed by atoms with Gasteiger partial charge in [-0.05, 0) is 49.1 Å². The van der Waals surface area contributed by atoms with Crippen molar-refractivity contribution in [1.82, 2.24) is 9.88 Å². The Bertz CT molecular complexity index is 1290. The van der Waals surface area contributed by atoms with Crippen molar-refractivity contribution >= 4 is 23.3 Å². The Labute approximate surface area is 212 Å². The summed E-state index contributed by atoms with van der Waals surface area (Å²) in [6.07, 6.45) is 7.84. The minimum Gasteiger partial charge on any atom is -0.403 e. The molecule has 2 aromatic rings. The van der Waals surface area contributed by atoms with E-state index in [1.54, 1.807) is 11.5 Å². The highest BCUT2D eigenvalue weighted by molar-refractivity contribution is 6.44. The number of amides is 2. The fourth-order valence-electron chi connectivity index (χ4n) is 4.99. The van der Waals surface area contributed by atoms with Crippen LogP contribution in [0.3, 0.4) is 0 Å². The molecule has 2 heterocycles. The van der Waals surface area contributed by atoms with Gasteiger partial charge in [0.05, 0.1) is 16.8 Å². The molecular weight excluding hydrogens is 487 g/mol. The summed E-state index contributed by atoms with van der Waals surface area (Å²) in [4.78, 5) is 39.3. The third kappa shape index (κ3) is 5.05. The van der Waals surface area contributed by atoms with E-state index in [9.17, 15) is 27.6 Å². The number of ketones is 1. The van der Waals surface area contributed by atoms with Crippen molar-refractivity contribution in [1.29, 1.82) is 0 Å². The van der Waals surface area contributed by atoms with Gasteiger partial charge in [-0.2, -0.15) is 0 Å². The summed E-state index contributed by atoms with van der Waals surface area (Å²) in [5.74, 6) is -5.97. The van der Waals surface area contributed by atoms with E-state index in [1.807, 2.05) is 6.92 Å². The monoisotopic (exact) mass is 515 g/mol. The smallest absolute Gasteiger partial charge is 0.293 e. The zero-order valence-electron chi connectivity index (χ0n) is 20.4. The molecule has 1 saturated carbocycles. The molecule has 4 rings (SSSR count). The van der Waals surface area contributed by atoms with Crippen LogP contribution in [0.25, 0.3) is 0 Å². The van der Waals surface area contributed by atoms with Crippen LogP contribution in [-0.2, 0) is 17.8 Å². The van der Waals surface area contributed by atoms with Gasteiger partial charge in [0.15, 0.2) is 0 Å². The first kappa shape index (κ1) is 27.4. The van der Waals surface area contributed by atoms with Gasteiger partial charge in [-0.3, -0.25) is 14.4 Å². The highest BCUT2D eigenvalue weighted by Gasteiger charge is 2.59. The topological polar surface area (TPSA) is 132 Å². The standard InChI is InChI=1S/C24H26F3N5O3.C2H2/c1-12-7-16-18(20(33)22(35)31-23(17(29)8-28)10-24(26,27)11-23)13(2)19(32(16)9-12)21(34)30-15-5-3-14(25)4-6-15;1-2/h3-6,8,12H,7,9-11,28-29H2,1-2H3,(H,30,34)(H,31,35);1-2H/b17-8-;. The molecule has 0 spiro atoms. The zero-order chi connectivity index (χ0) is 27.7. The highest BCUT2D eigenvalue weighted by Crippen LogP contribution is 2.48. The van der Waals surface area contributed by atoms with Crippen LogP contribution in [0.5, 0.6) is 0 Å². The molecule has 11 heteroatoms. The minimum absolute atomic E-state index is 0.0626. The molecule has 1 aliphatic carbocycles. The molecule has 6 N–H and O–H groups in total. The fraction of sp³-hybridized carbons (Fsp3) is 0.346. The van der Waals surface area contributed by atoms with Gasteiger partial charge in [0, 0.05) is 37.0 Å².